The lowest BCUT2D eigenvalue weighted by Gasteiger charge is -2.39. The highest BCUT2D eigenvalue weighted by Crippen LogP contribution is 2.33. The van der Waals surface area contributed by atoms with Crippen molar-refractivity contribution in [2.45, 2.75) is 31.7 Å². The molecule has 3 N–H and O–H groups in total. The smallest absolute Gasteiger partial charge is 0.225 e. The number of rotatable bonds is 4. The molecule has 0 spiro atoms. The summed E-state index contributed by atoms with van der Waals surface area (Å²) < 4.78 is 0. The van der Waals surface area contributed by atoms with Crippen LogP contribution in [0.4, 0.5) is 17.6 Å². The number of imidazole rings is 1. The molecule has 0 atom stereocenters. The van der Waals surface area contributed by atoms with Crippen molar-refractivity contribution in [2.75, 3.05) is 10.6 Å². The van der Waals surface area contributed by atoms with E-state index in [2.05, 4.69) is 37.5 Å². The lowest BCUT2D eigenvalue weighted by Crippen LogP contribution is -2.42. The largest absolute Gasteiger partial charge is 0.349 e. The number of halogens is 1. The Labute approximate surface area is 138 Å². The third kappa shape index (κ3) is 2.94. The summed E-state index contributed by atoms with van der Waals surface area (Å²) in [5.74, 6) is 1.25. The molecule has 3 aromatic rings. The van der Waals surface area contributed by atoms with Crippen molar-refractivity contribution in [1.29, 1.82) is 0 Å². The fourth-order valence-electron chi connectivity index (χ4n) is 2.73. The molecule has 23 heavy (non-hydrogen) atoms. The fraction of sp³-hybridized carbons (Fsp3) is 0.312. The minimum absolute atomic E-state index is 0.121. The summed E-state index contributed by atoms with van der Waals surface area (Å²) in [6, 6.07) is 7.48. The molecular weight excluding hydrogens is 312 g/mol. The fourth-order valence-corrected chi connectivity index (χ4v) is 2.92. The summed E-state index contributed by atoms with van der Waals surface area (Å²) in [5.41, 5.74) is 2.41. The second-order valence-corrected chi connectivity index (χ2v) is 6.62. The predicted octanol–water partition coefficient (Wildman–Crippen LogP) is 4.10. The quantitative estimate of drug-likeness (QED) is 0.672. The summed E-state index contributed by atoms with van der Waals surface area (Å²) >= 11 is 5.99. The number of aromatic nitrogens is 4. The number of fused-ring (bicyclic) bond motifs is 1. The molecular formula is C16H17ClN6. The second kappa shape index (κ2) is 5.38. The van der Waals surface area contributed by atoms with Crippen molar-refractivity contribution < 1.29 is 0 Å². The molecule has 0 unspecified atom stereocenters. The molecule has 0 aliphatic heterocycles. The van der Waals surface area contributed by atoms with Crippen LogP contribution in [0.5, 0.6) is 0 Å². The second-order valence-electron chi connectivity index (χ2n) is 6.19. The van der Waals surface area contributed by atoms with E-state index in [0.717, 1.165) is 24.0 Å². The highest BCUT2D eigenvalue weighted by atomic mass is 35.5. The number of nitrogens with one attached hydrogen (secondary N) is 3. The Balaban J connectivity index is 1.57. The van der Waals surface area contributed by atoms with Gasteiger partial charge in [-0.25, -0.2) is 9.97 Å². The monoisotopic (exact) mass is 328 g/mol. The van der Waals surface area contributed by atoms with Crippen LogP contribution in [0.2, 0.25) is 5.02 Å². The molecule has 0 bridgehead atoms. The van der Waals surface area contributed by atoms with E-state index in [1.165, 1.54) is 6.42 Å². The average Bonchev–Trinajstić information content (AvgIpc) is 2.87. The van der Waals surface area contributed by atoms with Gasteiger partial charge in [0.15, 0.2) is 5.65 Å². The topological polar surface area (TPSA) is 78.5 Å². The van der Waals surface area contributed by atoms with Crippen LogP contribution < -0.4 is 10.6 Å². The summed E-state index contributed by atoms with van der Waals surface area (Å²) in [7, 11) is 0. The minimum atomic E-state index is 0.121. The van der Waals surface area contributed by atoms with Gasteiger partial charge in [-0.2, -0.15) is 4.98 Å². The van der Waals surface area contributed by atoms with E-state index in [1.807, 2.05) is 24.3 Å². The van der Waals surface area contributed by atoms with Crippen molar-refractivity contribution in [2.24, 2.45) is 0 Å². The molecule has 1 saturated carbocycles. The third-order valence-corrected chi connectivity index (χ3v) is 4.43. The Morgan fingerprint density at radius 1 is 1.26 bits per heavy atom. The third-order valence-electron chi connectivity index (χ3n) is 4.20. The lowest BCUT2D eigenvalue weighted by atomic mass is 9.79. The summed E-state index contributed by atoms with van der Waals surface area (Å²) in [5, 5.41) is 7.26. The summed E-state index contributed by atoms with van der Waals surface area (Å²) in [6.07, 6.45) is 5.29. The van der Waals surface area contributed by atoms with Gasteiger partial charge in [0.05, 0.1) is 6.20 Å². The van der Waals surface area contributed by atoms with Crippen LogP contribution in [0.3, 0.4) is 0 Å². The first-order valence-corrected chi connectivity index (χ1v) is 8.01. The zero-order valence-electron chi connectivity index (χ0n) is 12.7. The Morgan fingerprint density at radius 3 is 2.87 bits per heavy atom. The maximum Gasteiger partial charge on any atom is 0.225 e. The van der Waals surface area contributed by atoms with E-state index < -0.39 is 0 Å². The van der Waals surface area contributed by atoms with Gasteiger partial charge in [-0.05, 0) is 44.4 Å². The molecule has 0 saturated heterocycles. The standard InChI is InChI=1S/C16H17ClN6/c1-16(6-3-7-16)23-14-18-9-12-13(21-14)22-15(20-12)19-11-5-2-4-10(17)8-11/h2,4-5,8-9H,3,6-7H2,1H3,(H3,18,19,20,21,22,23). The SMILES string of the molecule is CC1(Nc2ncc3nc(Nc4cccc(Cl)c4)[nH]c3n2)CCC1. The highest BCUT2D eigenvalue weighted by Gasteiger charge is 2.32. The Kier molecular flexibility index (Phi) is 3.34. The molecule has 7 heteroatoms. The Morgan fingerprint density at radius 2 is 2.13 bits per heavy atom. The van der Waals surface area contributed by atoms with Crippen LogP contribution in [0.15, 0.2) is 30.5 Å². The first-order chi connectivity index (χ1) is 11.1. The number of benzene rings is 1. The Bertz CT molecular complexity index is 855. The van der Waals surface area contributed by atoms with E-state index in [1.54, 1.807) is 6.20 Å². The van der Waals surface area contributed by atoms with Gasteiger partial charge in [0.25, 0.3) is 0 Å². The van der Waals surface area contributed by atoms with Crippen molar-refractivity contribution in [1.82, 2.24) is 19.9 Å². The van der Waals surface area contributed by atoms with Crippen LogP contribution in [0, 0.1) is 0 Å². The first-order valence-electron chi connectivity index (χ1n) is 7.63. The number of hydrogen-bond donors (Lipinski definition) is 3. The van der Waals surface area contributed by atoms with Gasteiger partial charge < -0.3 is 15.6 Å². The van der Waals surface area contributed by atoms with Gasteiger partial charge in [-0.15, -0.1) is 0 Å². The van der Waals surface area contributed by atoms with E-state index >= 15 is 0 Å². The summed E-state index contributed by atoms with van der Waals surface area (Å²) in [4.78, 5) is 16.5. The van der Waals surface area contributed by atoms with Crippen LogP contribution in [-0.2, 0) is 0 Å². The molecule has 118 valence electrons. The zero-order valence-corrected chi connectivity index (χ0v) is 13.5. The highest BCUT2D eigenvalue weighted by molar-refractivity contribution is 6.30. The van der Waals surface area contributed by atoms with Crippen LogP contribution >= 0.6 is 11.6 Å². The lowest BCUT2D eigenvalue weighted by molar-refractivity contribution is 0.305. The number of H-pyrrole nitrogens is 1. The molecule has 1 aliphatic rings. The van der Waals surface area contributed by atoms with Crippen LogP contribution in [-0.4, -0.2) is 25.5 Å². The average molecular weight is 329 g/mol. The van der Waals surface area contributed by atoms with E-state index in [9.17, 15) is 0 Å². The maximum absolute atomic E-state index is 5.99. The molecule has 2 aromatic heterocycles. The van der Waals surface area contributed by atoms with E-state index in [-0.39, 0.29) is 5.54 Å². The molecule has 1 fully saturated rings. The molecule has 2 heterocycles. The molecule has 0 amide bonds. The molecule has 4 rings (SSSR count). The van der Waals surface area contributed by atoms with Gasteiger partial charge in [0.1, 0.15) is 5.52 Å². The zero-order chi connectivity index (χ0) is 15.9. The minimum Gasteiger partial charge on any atom is -0.349 e. The normalized spacial score (nSPS) is 16.1. The van der Waals surface area contributed by atoms with Gasteiger partial charge in [-0.3, -0.25) is 0 Å². The number of anilines is 3. The van der Waals surface area contributed by atoms with Gasteiger partial charge in [-0.1, -0.05) is 17.7 Å². The van der Waals surface area contributed by atoms with E-state index in [4.69, 9.17) is 11.6 Å². The molecule has 1 aromatic carbocycles. The van der Waals surface area contributed by atoms with Crippen molar-refractivity contribution >= 4 is 40.3 Å². The van der Waals surface area contributed by atoms with Gasteiger partial charge >= 0.3 is 0 Å². The number of aromatic amines is 1. The molecule has 1 aliphatic carbocycles. The van der Waals surface area contributed by atoms with Gasteiger partial charge in [0.2, 0.25) is 11.9 Å². The van der Waals surface area contributed by atoms with Crippen molar-refractivity contribution in [3.8, 4) is 0 Å². The maximum atomic E-state index is 5.99. The van der Waals surface area contributed by atoms with E-state index in [0.29, 0.717) is 22.6 Å². The van der Waals surface area contributed by atoms with Crippen LogP contribution in [0.1, 0.15) is 26.2 Å². The number of nitrogens with zero attached hydrogens (tertiary/aromatic N) is 3. The van der Waals surface area contributed by atoms with Crippen molar-refractivity contribution in [3.63, 3.8) is 0 Å². The van der Waals surface area contributed by atoms with Crippen LogP contribution in [0.25, 0.3) is 11.2 Å². The number of hydrogen-bond acceptors (Lipinski definition) is 5. The van der Waals surface area contributed by atoms with Crippen molar-refractivity contribution in [3.05, 3.63) is 35.5 Å². The van der Waals surface area contributed by atoms with Gasteiger partial charge in [0, 0.05) is 16.2 Å². The molecule has 0 radical (unpaired) electrons. The predicted molar refractivity (Wildman–Crippen MR) is 92.3 cm³/mol. The molecule has 6 nitrogen and oxygen atoms in total. The summed E-state index contributed by atoms with van der Waals surface area (Å²) in [6.45, 7) is 2.20. The Hall–Kier alpha value is -2.34. The first kappa shape index (κ1) is 14.3.